The molecule has 0 unspecified atom stereocenters. The standard InChI is InChI=1S/C11H17ClN2/c1-8(2)14(3)11-6-4-5-10(12)9(11)7-13/h4-6,8H,7,13H2,1-3H3. The van der Waals surface area contributed by atoms with Gasteiger partial charge in [0.05, 0.1) is 0 Å². The molecule has 0 spiro atoms. The predicted octanol–water partition coefficient (Wildman–Crippen LogP) is 2.64. The van der Waals surface area contributed by atoms with Gasteiger partial charge in [-0.1, -0.05) is 17.7 Å². The van der Waals surface area contributed by atoms with Gasteiger partial charge in [0.2, 0.25) is 0 Å². The second-order valence-corrected chi connectivity index (χ2v) is 4.05. The summed E-state index contributed by atoms with van der Waals surface area (Å²) in [6.45, 7) is 4.76. The molecule has 0 atom stereocenters. The van der Waals surface area contributed by atoms with Crippen molar-refractivity contribution in [2.24, 2.45) is 5.73 Å². The molecule has 1 aromatic rings. The van der Waals surface area contributed by atoms with Gasteiger partial charge < -0.3 is 10.6 Å². The number of rotatable bonds is 3. The zero-order chi connectivity index (χ0) is 10.7. The van der Waals surface area contributed by atoms with Crippen LogP contribution in [0.25, 0.3) is 0 Å². The first kappa shape index (κ1) is 11.3. The van der Waals surface area contributed by atoms with Crippen molar-refractivity contribution in [1.82, 2.24) is 0 Å². The van der Waals surface area contributed by atoms with E-state index in [0.29, 0.717) is 12.6 Å². The van der Waals surface area contributed by atoms with Crippen molar-refractivity contribution in [2.45, 2.75) is 26.4 Å². The van der Waals surface area contributed by atoms with E-state index in [1.807, 2.05) is 18.2 Å². The molecule has 0 saturated carbocycles. The van der Waals surface area contributed by atoms with E-state index in [1.54, 1.807) is 0 Å². The predicted molar refractivity (Wildman–Crippen MR) is 62.9 cm³/mol. The van der Waals surface area contributed by atoms with Crippen LogP contribution in [0.2, 0.25) is 5.02 Å². The van der Waals surface area contributed by atoms with Gasteiger partial charge in [0.1, 0.15) is 0 Å². The fourth-order valence-corrected chi connectivity index (χ4v) is 1.60. The van der Waals surface area contributed by atoms with E-state index in [0.717, 1.165) is 16.3 Å². The molecular weight excluding hydrogens is 196 g/mol. The number of benzene rings is 1. The zero-order valence-corrected chi connectivity index (χ0v) is 9.67. The minimum absolute atomic E-state index is 0.443. The van der Waals surface area contributed by atoms with E-state index in [-0.39, 0.29) is 0 Å². The number of hydrogen-bond donors (Lipinski definition) is 1. The molecule has 0 bridgehead atoms. The van der Waals surface area contributed by atoms with E-state index in [4.69, 9.17) is 17.3 Å². The molecule has 1 aromatic carbocycles. The molecule has 0 saturated heterocycles. The minimum Gasteiger partial charge on any atom is -0.372 e. The molecule has 14 heavy (non-hydrogen) atoms. The molecule has 0 aliphatic carbocycles. The molecule has 1 rings (SSSR count). The Morgan fingerprint density at radius 2 is 2.07 bits per heavy atom. The van der Waals surface area contributed by atoms with Crippen molar-refractivity contribution in [3.63, 3.8) is 0 Å². The summed E-state index contributed by atoms with van der Waals surface area (Å²) in [6, 6.07) is 6.32. The Morgan fingerprint density at radius 3 is 2.57 bits per heavy atom. The Balaban J connectivity index is 3.13. The first-order valence-electron chi connectivity index (χ1n) is 4.78. The summed E-state index contributed by atoms with van der Waals surface area (Å²) in [7, 11) is 2.05. The maximum atomic E-state index is 6.07. The normalized spacial score (nSPS) is 10.7. The number of hydrogen-bond acceptors (Lipinski definition) is 2. The zero-order valence-electron chi connectivity index (χ0n) is 8.92. The molecule has 2 N–H and O–H groups in total. The highest BCUT2D eigenvalue weighted by Gasteiger charge is 2.11. The number of halogens is 1. The van der Waals surface area contributed by atoms with Gasteiger partial charge in [-0.3, -0.25) is 0 Å². The van der Waals surface area contributed by atoms with Gasteiger partial charge in [-0.25, -0.2) is 0 Å². The average molecular weight is 213 g/mol. The molecule has 0 aliphatic heterocycles. The molecular formula is C11H17ClN2. The highest BCUT2D eigenvalue weighted by molar-refractivity contribution is 6.31. The molecule has 0 fully saturated rings. The third-order valence-electron chi connectivity index (χ3n) is 2.45. The van der Waals surface area contributed by atoms with Gasteiger partial charge in [0.25, 0.3) is 0 Å². The van der Waals surface area contributed by atoms with Crippen molar-refractivity contribution < 1.29 is 0 Å². The average Bonchev–Trinajstić information content (AvgIpc) is 2.16. The quantitative estimate of drug-likeness (QED) is 0.835. The highest BCUT2D eigenvalue weighted by atomic mass is 35.5. The van der Waals surface area contributed by atoms with Crippen molar-refractivity contribution in [2.75, 3.05) is 11.9 Å². The monoisotopic (exact) mass is 212 g/mol. The Morgan fingerprint density at radius 1 is 1.43 bits per heavy atom. The minimum atomic E-state index is 0.443. The van der Waals surface area contributed by atoms with Crippen LogP contribution in [-0.4, -0.2) is 13.1 Å². The molecule has 0 heterocycles. The van der Waals surface area contributed by atoms with Gasteiger partial charge in [0, 0.05) is 35.9 Å². The van der Waals surface area contributed by atoms with Crippen LogP contribution in [0.15, 0.2) is 18.2 Å². The number of anilines is 1. The van der Waals surface area contributed by atoms with E-state index < -0.39 is 0 Å². The van der Waals surface area contributed by atoms with Crippen LogP contribution in [0.4, 0.5) is 5.69 Å². The summed E-state index contributed by atoms with van der Waals surface area (Å²) in [5.74, 6) is 0. The summed E-state index contributed by atoms with van der Waals surface area (Å²) in [5.41, 5.74) is 7.82. The summed E-state index contributed by atoms with van der Waals surface area (Å²) in [5, 5.41) is 0.748. The van der Waals surface area contributed by atoms with Crippen molar-refractivity contribution in [3.8, 4) is 0 Å². The Hall–Kier alpha value is -0.730. The molecule has 78 valence electrons. The number of nitrogens with two attached hydrogens (primary N) is 1. The van der Waals surface area contributed by atoms with E-state index in [2.05, 4.69) is 25.8 Å². The maximum Gasteiger partial charge on any atom is 0.0471 e. The summed E-state index contributed by atoms with van der Waals surface area (Å²) < 4.78 is 0. The first-order chi connectivity index (χ1) is 6.57. The topological polar surface area (TPSA) is 29.3 Å². The summed E-state index contributed by atoms with van der Waals surface area (Å²) in [6.07, 6.45) is 0. The first-order valence-corrected chi connectivity index (χ1v) is 5.16. The largest absolute Gasteiger partial charge is 0.372 e. The third kappa shape index (κ3) is 2.20. The SMILES string of the molecule is CC(C)N(C)c1cccc(Cl)c1CN. The Kier molecular flexibility index (Phi) is 3.78. The lowest BCUT2D eigenvalue weighted by Crippen LogP contribution is -2.27. The van der Waals surface area contributed by atoms with Crippen LogP contribution in [0, 0.1) is 0 Å². The van der Waals surface area contributed by atoms with Crippen LogP contribution < -0.4 is 10.6 Å². The van der Waals surface area contributed by atoms with E-state index in [9.17, 15) is 0 Å². The number of nitrogens with zero attached hydrogens (tertiary/aromatic N) is 1. The Labute approximate surface area is 90.7 Å². The van der Waals surface area contributed by atoms with Gasteiger partial charge in [-0.15, -0.1) is 0 Å². The lowest BCUT2D eigenvalue weighted by Gasteiger charge is -2.26. The molecule has 0 aliphatic rings. The second-order valence-electron chi connectivity index (χ2n) is 3.65. The van der Waals surface area contributed by atoms with Crippen LogP contribution in [0.5, 0.6) is 0 Å². The van der Waals surface area contributed by atoms with Gasteiger partial charge in [-0.2, -0.15) is 0 Å². The van der Waals surface area contributed by atoms with Crippen LogP contribution in [0.3, 0.4) is 0 Å². The van der Waals surface area contributed by atoms with Crippen LogP contribution in [-0.2, 0) is 6.54 Å². The van der Waals surface area contributed by atoms with Crippen molar-refractivity contribution >= 4 is 17.3 Å². The second kappa shape index (κ2) is 4.67. The lowest BCUT2D eigenvalue weighted by atomic mass is 10.1. The van der Waals surface area contributed by atoms with Gasteiger partial charge in [-0.05, 0) is 26.0 Å². The van der Waals surface area contributed by atoms with Gasteiger partial charge >= 0.3 is 0 Å². The summed E-state index contributed by atoms with van der Waals surface area (Å²) >= 11 is 6.07. The fraction of sp³-hybridized carbons (Fsp3) is 0.455. The smallest absolute Gasteiger partial charge is 0.0471 e. The van der Waals surface area contributed by atoms with Crippen LogP contribution in [0.1, 0.15) is 19.4 Å². The van der Waals surface area contributed by atoms with Crippen molar-refractivity contribution in [1.29, 1.82) is 0 Å². The Bertz CT molecular complexity index is 310. The third-order valence-corrected chi connectivity index (χ3v) is 2.81. The molecule has 0 radical (unpaired) electrons. The lowest BCUT2D eigenvalue weighted by molar-refractivity contribution is 0.749. The maximum absolute atomic E-state index is 6.07. The summed E-state index contributed by atoms with van der Waals surface area (Å²) in [4.78, 5) is 2.17. The van der Waals surface area contributed by atoms with E-state index >= 15 is 0 Å². The molecule has 3 heteroatoms. The van der Waals surface area contributed by atoms with E-state index in [1.165, 1.54) is 0 Å². The van der Waals surface area contributed by atoms with Crippen molar-refractivity contribution in [3.05, 3.63) is 28.8 Å². The fourth-order valence-electron chi connectivity index (χ4n) is 1.36. The molecule has 2 nitrogen and oxygen atoms in total. The highest BCUT2D eigenvalue weighted by Crippen LogP contribution is 2.27. The molecule has 0 aromatic heterocycles. The molecule has 0 amide bonds. The van der Waals surface area contributed by atoms with Crippen LogP contribution >= 0.6 is 11.6 Å². The van der Waals surface area contributed by atoms with Gasteiger partial charge in [0.15, 0.2) is 0 Å².